The van der Waals surface area contributed by atoms with E-state index in [2.05, 4.69) is 19.9 Å². The van der Waals surface area contributed by atoms with Gasteiger partial charge in [-0.2, -0.15) is 8.78 Å². The van der Waals surface area contributed by atoms with Crippen molar-refractivity contribution in [2.75, 3.05) is 12.4 Å². The van der Waals surface area contributed by atoms with E-state index in [-0.39, 0.29) is 21.9 Å². The standard InChI is InChI=1S/C16H15F2N3O4S/c1-9-8-10(2-3-12(9)26(23,24)7-6-22)14-13-11(4-5-19-14)20-21-15(13)25-16(17)18/h2-5,8,16,22H,6-7H2,1H3,(H,20,21). The fourth-order valence-electron chi connectivity index (χ4n) is 2.70. The van der Waals surface area contributed by atoms with Gasteiger partial charge in [0, 0.05) is 11.8 Å². The van der Waals surface area contributed by atoms with Crippen molar-refractivity contribution in [3.05, 3.63) is 36.0 Å². The number of nitrogens with one attached hydrogen (secondary N) is 1. The Balaban J connectivity index is 2.13. The summed E-state index contributed by atoms with van der Waals surface area (Å²) in [6, 6.07) is 6.09. The van der Waals surface area contributed by atoms with Gasteiger partial charge < -0.3 is 9.84 Å². The molecule has 3 aromatic rings. The summed E-state index contributed by atoms with van der Waals surface area (Å²) in [6.45, 7) is -1.91. The number of hydrogen-bond acceptors (Lipinski definition) is 6. The summed E-state index contributed by atoms with van der Waals surface area (Å²) < 4.78 is 53.9. The first kappa shape index (κ1) is 18.2. The minimum atomic E-state index is -3.61. The molecule has 0 saturated heterocycles. The van der Waals surface area contributed by atoms with Gasteiger partial charge in [0.2, 0.25) is 5.88 Å². The highest BCUT2D eigenvalue weighted by Crippen LogP contribution is 2.34. The quantitative estimate of drug-likeness (QED) is 0.677. The molecule has 3 rings (SSSR count). The molecular weight excluding hydrogens is 368 g/mol. The highest BCUT2D eigenvalue weighted by molar-refractivity contribution is 7.91. The third kappa shape index (κ3) is 3.37. The Morgan fingerprint density at radius 3 is 2.73 bits per heavy atom. The number of aromatic amines is 1. The number of pyridine rings is 1. The highest BCUT2D eigenvalue weighted by Gasteiger charge is 2.20. The summed E-state index contributed by atoms with van der Waals surface area (Å²) in [7, 11) is -3.61. The Morgan fingerprint density at radius 1 is 1.31 bits per heavy atom. The van der Waals surface area contributed by atoms with E-state index in [1.807, 2.05) is 0 Å². The zero-order valence-electron chi connectivity index (χ0n) is 13.6. The lowest BCUT2D eigenvalue weighted by atomic mass is 10.1. The second-order valence-electron chi connectivity index (χ2n) is 5.51. The first-order chi connectivity index (χ1) is 12.3. The monoisotopic (exact) mass is 383 g/mol. The van der Waals surface area contributed by atoms with Crippen LogP contribution in [-0.2, 0) is 9.84 Å². The summed E-state index contributed by atoms with van der Waals surface area (Å²) in [4.78, 5) is 4.31. The first-order valence-electron chi connectivity index (χ1n) is 7.56. The highest BCUT2D eigenvalue weighted by atomic mass is 32.2. The van der Waals surface area contributed by atoms with E-state index in [0.717, 1.165) is 0 Å². The van der Waals surface area contributed by atoms with Gasteiger partial charge in [0.15, 0.2) is 9.84 Å². The molecule has 0 aliphatic heterocycles. The molecule has 2 N–H and O–H groups in total. The topological polar surface area (TPSA) is 105 Å². The molecule has 0 atom stereocenters. The Bertz CT molecular complexity index is 1050. The predicted molar refractivity (Wildman–Crippen MR) is 89.8 cm³/mol. The average Bonchev–Trinajstić information content (AvgIpc) is 2.97. The summed E-state index contributed by atoms with van der Waals surface area (Å²) in [5.74, 6) is -0.664. The molecule has 26 heavy (non-hydrogen) atoms. The number of aromatic nitrogens is 3. The van der Waals surface area contributed by atoms with Crippen molar-refractivity contribution in [2.45, 2.75) is 18.4 Å². The van der Waals surface area contributed by atoms with Gasteiger partial charge in [-0.15, -0.1) is 5.10 Å². The third-order valence-corrected chi connectivity index (χ3v) is 5.64. The average molecular weight is 383 g/mol. The molecule has 0 spiro atoms. The van der Waals surface area contributed by atoms with Crippen LogP contribution < -0.4 is 4.74 Å². The Kier molecular flexibility index (Phi) is 4.88. The number of aliphatic hydroxyl groups excluding tert-OH is 1. The number of sulfone groups is 1. The van der Waals surface area contributed by atoms with Crippen molar-refractivity contribution in [3.63, 3.8) is 0 Å². The summed E-state index contributed by atoms with van der Waals surface area (Å²) in [5.41, 5.74) is 1.77. The van der Waals surface area contributed by atoms with Crippen molar-refractivity contribution in [2.24, 2.45) is 0 Å². The van der Waals surface area contributed by atoms with Crippen LogP contribution in [0.3, 0.4) is 0 Å². The molecule has 138 valence electrons. The first-order valence-corrected chi connectivity index (χ1v) is 9.21. The van der Waals surface area contributed by atoms with E-state index in [9.17, 15) is 17.2 Å². The second kappa shape index (κ2) is 6.96. The lowest BCUT2D eigenvalue weighted by Gasteiger charge is -2.10. The Morgan fingerprint density at radius 2 is 2.08 bits per heavy atom. The van der Waals surface area contributed by atoms with Crippen molar-refractivity contribution in [1.29, 1.82) is 0 Å². The van der Waals surface area contributed by atoms with Gasteiger partial charge in [-0.3, -0.25) is 10.1 Å². The van der Waals surface area contributed by atoms with Crippen LogP contribution >= 0.6 is 0 Å². The van der Waals surface area contributed by atoms with Crippen LogP contribution in [0.15, 0.2) is 35.4 Å². The van der Waals surface area contributed by atoms with E-state index >= 15 is 0 Å². The molecule has 0 aliphatic rings. The fourth-order valence-corrected chi connectivity index (χ4v) is 3.99. The number of benzene rings is 1. The van der Waals surface area contributed by atoms with E-state index in [1.54, 1.807) is 19.1 Å². The van der Waals surface area contributed by atoms with Crippen LogP contribution in [0.1, 0.15) is 5.56 Å². The van der Waals surface area contributed by atoms with Gasteiger partial charge in [0.1, 0.15) is 0 Å². The van der Waals surface area contributed by atoms with Gasteiger partial charge in [0.25, 0.3) is 0 Å². The van der Waals surface area contributed by atoms with Crippen LogP contribution in [0.2, 0.25) is 0 Å². The number of alkyl halides is 2. The zero-order chi connectivity index (χ0) is 18.9. The van der Waals surface area contributed by atoms with Gasteiger partial charge in [-0.1, -0.05) is 6.07 Å². The van der Waals surface area contributed by atoms with Crippen molar-refractivity contribution < 1.29 is 27.0 Å². The fraction of sp³-hybridized carbons (Fsp3) is 0.250. The van der Waals surface area contributed by atoms with E-state index < -0.39 is 23.1 Å². The van der Waals surface area contributed by atoms with Crippen molar-refractivity contribution >= 4 is 20.7 Å². The largest absolute Gasteiger partial charge is 0.415 e. The van der Waals surface area contributed by atoms with Crippen LogP contribution in [0.25, 0.3) is 22.2 Å². The minimum absolute atomic E-state index is 0.0960. The lowest BCUT2D eigenvalue weighted by Crippen LogP contribution is -2.11. The van der Waals surface area contributed by atoms with Crippen LogP contribution in [0.5, 0.6) is 5.88 Å². The van der Waals surface area contributed by atoms with Gasteiger partial charge in [-0.05, 0) is 30.7 Å². The molecule has 7 nitrogen and oxygen atoms in total. The van der Waals surface area contributed by atoms with Crippen LogP contribution in [0.4, 0.5) is 8.78 Å². The van der Waals surface area contributed by atoms with Gasteiger partial charge in [-0.25, -0.2) is 8.42 Å². The van der Waals surface area contributed by atoms with Crippen LogP contribution in [0, 0.1) is 6.92 Å². The molecule has 0 unspecified atom stereocenters. The molecule has 2 heterocycles. The van der Waals surface area contributed by atoms with E-state index in [4.69, 9.17) is 5.11 Å². The van der Waals surface area contributed by atoms with Gasteiger partial charge >= 0.3 is 6.61 Å². The van der Waals surface area contributed by atoms with E-state index in [1.165, 1.54) is 18.3 Å². The number of nitrogens with zero attached hydrogens (tertiary/aromatic N) is 2. The molecule has 1 aromatic carbocycles. The van der Waals surface area contributed by atoms with Crippen molar-refractivity contribution in [3.8, 4) is 17.1 Å². The summed E-state index contributed by atoms with van der Waals surface area (Å²) >= 11 is 0. The zero-order valence-corrected chi connectivity index (χ0v) is 14.4. The lowest BCUT2D eigenvalue weighted by molar-refractivity contribution is -0.0518. The molecular formula is C16H15F2N3O4S. The number of hydrogen-bond donors (Lipinski definition) is 2. The number of aryl methyl sites for hydroxylation is 1. The third-order valence-electron chi connectivity index (χ3n) is 3.79. The Hall–Kier alpha value is -2.59. The molecule has 0 amide bonds. The molecule has 0 aliphatic carbocycles. The molecule has 0 bridgehead atoms. The predicted octanol–water partition coefficient (Wildman–Crippen LogP) is 2.30. The number of H-pyrrole nitrogens is 1. The molecule has 10 heteroatoms. The van der Waals surface area contributed by atoms with E-state index in [0.29, 0.717) is 22.3 Å². The summed E-state index contributed by atoms with van der Waals surface area (Å²) in [5, 5.41) is 15.5. The van der Waals surface area contributed by atoms with Gasteiger partial charge in [0.05, 0.1) is 33.9 Å². The second-order valence-corrected chi connectivity index (χ2v) is 7.59. The number of ether oxygens (including phenoxy) is 1. The number of halogens is 2. The normalized spacial score (nSPS) is 12.0. The smallest absolute Gasteiger partial charge is 0.388 e. The minimum Gasteiger partial charge on any atom is -0.415 e. The van der Waals surface area contributed by atoms with Crippen molar-refractivity contribution in [1.82, 2.24) is 15.2 Å². The maximum absolute atomic E-state index is 12.6. The molecule has 0 radical (unpaired) electrons. The summed E-state index contributed by atoms with van der Waals surface area (Å²) in [6.07, 6.45) is 1.48. The maximum atomic E-state index is 12.6. The molecule has 2 aromatic heterocycles. The molecule has 0 fully saturated rings. The SMILES string of the molecule is Cc1cc(-c2nccc3[nH]nc(OC(F)F)c23)ccc1S(=O)(=O)CCO. The number of aliphatic hydroxyl groups is 1. The molecule has 0 saturated carbocycles. The Labute approximate surface area is 147 Å². The van der Waals surface area contributed by atoms with Crippen LogP contribution in [-0.4, -0.2) is 47.7 Å². The maximum Gasteiger partial charge on any atom is 0.388 e. The number of fused-ring (bicyclic) bond motifs is 1. The number of rotatable bonds is 6.